The molecule has 2 aromatic heterocycles. The number of alkyl halides is 2. The van der Waals surface area contributed by atoms with Crippen molar-refractivity contribution in [3.8, 4) is 23.0 Å². The van der Waals surface area contributed by atoms with Crippen LogP contribution >= 0.6 is 0 Å². The molecular formula is C28H29F3N6O3S. The molecule has 2 N–H and O–H groups in total. The van der Waals surface area contributed by atoms with E-state index < -0.39 is 57.6 Å². The van der Waals surface area contributed by atoms with Gasteiger partial charge in [-0.2, -0.15) is 10.4 Å². The lowest BCUT2D eigenvalue weighted by Crippen LogP contribution is -2.52. The first-order valence-corrected chi connectivity index (χ1v) is 15.0. The summed E-state index contributed by atoms with van der Waals surface area (Å²) in [5, 5.41) is 14.3. The maximum Gasteiger partial charge on any atom is 0.248 e. The van der Waals surface area contributed by atoms with Crippen molar-refractivity contribution in [1.82, 2.24) is 14.8 Å². The summed E-state index contributed by atoms with van der Waals surface area (Å²) in [6.45, 7) is 2.17. The molecule has 1 aliphatic carbocycles. The number of anilines is 1. The van der Waals surface area contributed by atoms with Gasteiger partial charge in [0.2, 0.25) is 11.8 Å². The molecule has 0 bridgehead atoms. The fraction of sp³-hybridized carbons (Fsp3) is 0.429. The number of nitrogens with zero attached hydrogens (tertiary/aromatic N) is 5. The van der Waals surface area contributed by atoms with Crippen molar-refractivity contribution in [3.63, 3.8) is 0 Å². The quantitative estimate of drug-likeness (QED) is 0.464. The van der Waals surface area contributed by atoms with Gasteiger partial charge in [-0.3, -0.25) is 4.79 Å². The van der Waals surface area contributed by atoms with Gasteiger partial charge in [-0.25, -0.2) is 31.3 Å². The van der Waals surface area contributed by atoms with E-state index in [1.807, 2.05) is 11.0 Å². The topological polar surface area (TPSA) is 135 Å². The molecule has 216 valence electrons. The number of nitrogens with two attached hydrogens (primary N) is 1. The van der Waals surface area contributed by atoms with E-state index in [2.05, 4.69) is 10.1 Å². The highest BCUT2D eigenvalue weighted by atomic mass is 32.2. The van der Waals surface area contributed by atoms with Gasteiger partial charge >= 0.3 is 0 Å². The first-order valence-electron chi connectivity index (χ1n) is 13.2. The standard InChI is InChI=1S/C28H29F3N6O3S/c1-18(16-32)28(26(33)38)9-8-27(30,31)15-22(28)24-21(17-37(35-24)25-23(29)3-2-10-34-25)19-4-6-20(7-5-19)36-11-13-41(39,40)14-12-36/h2-7,10,17-18,22H,8-9,11-15H2,1H3,(H2,33,38)/t18-,22?,28?/m1/s1. The Morgan fingerprint density at radius 1 is 1.17 bits per heavy atom. The normalized spacial score (nSPS) is 24.4. The SMILES string of the molecule is C[C@H](C#N)C1(C(N)=O)CCC(F)(F)CC1c1nn(-c2ncccc2F)cc1-c1ccc(N2CCS(=O)(=O)CC2)cc1. The van der Waals surface area contributed by atoms with E-state index in [1.54, 1.807) is 24.3 Å². The molecule has 0 spiro atoms. The molecular weight excluding hydrogens is 557 g/mol. The van der Waals surface area contributed by atoms with Crippen LogP contribution in [-0.2, 0) is 14.6 Å². The highest BCUT2D eigenvalue weighted by Gasteiger charge is 2.58. The molecule has 41 heavy (non-hydrogen) atoms. The number of nitriles is 1. The molecule has 1 aromatic carbocycles. The first-order chi connectivity index (χ1) is 19.4. The van der Waals surface area contributed by atoms with Crippen LogP contribution < -0.4 is 10.6 Å². The van der Waals surface area contributed by atoms with Crippen LogP contribution in [0.2, 0.25) is 0 Å². The lowest BCUT2D eigenvalue weighted by Gasteiger charge is -2.45. The van der Waals surface area contributed by atoms with Crippen molar-refractivity contribution in [2.45, 2.75) is 38.0 Å². The second-order valence-corrected chi connectivity index (χ2v) is 13.0. The number of rotatable bonds is 6. The molecule has 2 unspecified atom stereocenters. The molecule has 3 aromatic rings. The summed E-state index contributed by atoms with van der Waals surface area (Å²) in [5.41, 5.74) is 6.01. The highest BCUT2D eigenvalue weighted by molar-refractivity contribution is 7.91. The van der Waals surface area contributed by atoms with Crippen LogP contribution in [0, 0.1) is 28.5 Å². The Morgan fingerprint density at radius 2 is 1.85 bits per heavy atom. The smallest absolute Gasteiger partial charge is 0.248 e. The number of carbonyl (C=O) groups excluding carboxylic acids is 1. The Labute approximate surface area is 235 Å². The number of pyridine rings is 1. The third-order valence-corrected chi connectivity index (χ3v) is 9.98. The van der Waals surface area contributed by atoms with E-state index in [0.717, 1.165) is 10.4 Å². The highest BCUT2D eigenvalue weighted by Crippen LogP contribution is 2.57. The van der Waals surface area contributed by atoms with Crippen molar-refractivity contribution >= 4 is 21.4 Å². The predicted octanol–water partition coefficient (Wildman–Crippen LogP) is 3.84. The van der Waals surface area contributed by atoms with Crippen LogP contribution in [0.15, 0.2) is 48.8 Å². The number of sulfone groups is 1. The summed E-state index contributed by atoms with van der Waals surface area (Å²) in [4.78, 5) is 19.0. The number of amides is 1. The minimum absolute atomic E-state index is 0.0451. The molecule has 1 aliphatic heterocycles. The van der Waals surface area contributed by atoms with Crippen LogP contribution in [0.4, 0.5) is 18.9 Å². The van der Waals surface area contributed by atoms with Crippen LogP contribution in [0.3, 0.4) is 0 Å². The first kappa shape index (κ1) is 28.6. The van der Waals surface area contributed by atoms with Crippen LogP contribution in [0.1, 0.15) is 37.8 Å². The summed E-state index contributed by atoms with van der Waals surface area (Å²) >= 11 is 0. The average molecular weight is 587 g/mol. The van der Waals surface area contributed by atoms with E-state index in [4.69, 9.17) is 5.73 Å². The number of hydrogen-bond donors (Lipinski definition) is 1. The van der Waals surface area contributed by atoms with Gasteiger partial charge in [0.15, 0.2) is 21.5 Å². The van der Waals surface area contributed by atoms with Gasteiger partial charge in [0, 0.05) is 55.5 Å². The van der Waals surface area contributed by atoms with Crippen LogP contribution in [0.5, 0.6) is 0 Å². The van der Waals surface area contributed by atoms with Crippen molar-refractivity contribution in [2.75, 3.05) is 29.5 Å². The molecule has 13 heteroatoms. The van der Waals surface area contributed by atoms with Gasteiger partial charge in [-0.05, 0) is 43.2 Å². The van der Waals surface area contributed by atoms with Gasteiger partial charge in [0.1, 0.15) is 0 Å². The number of aromatic nitrogens is 3. The molecule has 1 saturated heterocycles. The Hall–Kier alpha value is -3.92. The molecule has 3 atom stereocenters. The Bertz CT molecular complexity index is 1610. The Morgan fingerprint density at radius 3 is 2.46 bits per heavy atom. The summed E-state index contributed by atoms with van der Waals surface area (Å²) in [7, 11) is -3.07. The van der Waals surface area contributed by atoms with E-state index >= 15 is 0 Å². The summed E-state index contributed by atoms with van der Waals surface area (Å²) in [6.07, 6.45) is 1.16. The molecule has 0 radical (unpaired) electrons. The predicted molar refractivity (Wildman–Crippen MR) is 146 cm³/mol. The fourth-order valence-corrected chi connectivity index (χ4v) is 7.17. The second kappa shape index (κ2) is 10.5. The molecule has 5 rings (SSSR count). The number of benzene rings is 1. The van der Waals surface area contributed by atoms with Crippen LogP contribution in [0.25, 0.3) is 16.9 Å². The number of hydrogen-bond acceptors (Lipinski definition) is 7. The average Bonchev–Trinajstić information content (AvgIpc) is 3.37. The van der Waals surface area contributed by atoms with Crippen LogP contribution in [-0.4, -0.2) is 59.6 Å². The summed E-state index contributed by atoms with van der Waals surface area (Å²) in [6, 6.07) is 11.7. The molecule has 9 nitrogen and oxygen atoms in total. The van der Waals surface area contributed by atoms with E-state index in [0.29, 0.717) is 24.2 Å². The van der Waals surface area contributed by atoms with Gasteiger partial charge in [0.05, 0.1) is 34.6 Å². The van der Waals surface area contributed by atoms with Crippen molar-refractivity contribution in [1.29, 1.82) is 5.26 Å². The zero-order valence-corrected chi connectivity index (χ0v) is 23.1. The number of primary amides is 1. The van der Waals surface area contributed by atoms with Gasteiger partial charge in [-0.1, -0.05) is 12.1 Å². The van der Waals surface area contributed by atoms with E-state index in [-0.39, 0.29) is 29.4 Å². The second-order valence-electron chi connectivity index (χ2n) is 10.7. The van der Waals surface area contributed by atoms with Crippen molar-refractivity contribution in [2.24, 2.45) is 17.1 Å². The fourth-order valence-electron chi connectivity index (χ4n) is 5.97. The zero-order valence-electron chi connectivity index (χ0n) is 22.3. The lowest BCUT2D eigenvalue weighted by molar-refractivity contribution is -0.142. The Balaban J connectivity index is 1.65. The maximum absolute atomic E-state index is 15.0. The lowest BCUT2D eigenvalue weighted by atomic mass is 9.57. The third kappa shape index (κ3) is 5.28. The summed E-state index contributed by atoms with van der Waals surface area (Å²) < 4.78 is 69.5. The minimum Gasteiger partial charge on any atom is -0.369 e. The molecule has 2 aliphatic rings. The third-order valence-electron chi connectivity index (χ3n) is 8.37. The molecule has 3 heterocycles. The van der Waals surface area contributed by atoms with Gasteiger partial charge < -0.3 is 10.6 Å². The number of halogens is 3. The van der Waals surface area contributed by atoms with Crippen molar-refractivity contribution < 1.29 is 26.4 Å². The summed E-state index contributed by atoms with van der Waals surface area (Å²) in [5.74, 6) is -7.01. The molecule has 2 fully saturated rings. The van der Waals surface area contributed by atoms with Gasteiger partial charge in [0.25, 0.3) is 0 Å². The zero-order chi connectivity index (χ0) is 29.6. The van der Waals surface area contributed by atoms with E-state index in [1.165, 1.54) is 31.5 Å². The Kier molecular flexibility index (Phi) is 7.31. The number of carbonyl (C=O) groups is 1. The maximum atomic E-state index is 15.0. The minimum atomic E-state index is -3.14. The van der Waals surface area contributed by atoms with E-state index in [9.17, 15) is 31.6 Å². The van der Waals surface area contributed by atoms with Gasteiger partial charge in [-0.15, -0.1) is 0 Å². The van der Waals surface area contributed by atoms with Crippen molar-refractivity contribution in [3.05, 3.63) is 60.3 Å². The molecule has 1 amide bonds. The largest absolute Gasteiger partial charge is 0.369 e. The molecule has 1 saturated carbocycles. The monoisotopic (exact) mass is 586 g/mol.